The third kappa shape index (κ3) is 5.84. The van der Waals surface area contributed by atoms with Gasteiger partial charge in [-0.2, -0.15) is 5.10 Å². The highest BCUT2D eigenvalue weighted by atomic mass is 16.5. The van der Waals surface area contributed by atoms with Crippen LogP contribution in [-0.4, -0.2) is 38.5 Å². The molecule has 0 radical (unpaired) electrons. The number of ether oxygens (including phenoxy) is 1. The van der Waals surface area contributed by atoms with Gasteiger partial charge in [-0.25, -0.2) is 4.68 Å². The van der Waals surface area contributed by atoms with Crippen LogP contribution < -0.4 is 4.74 Å². The van der Waals surface area contributed by atoms with E-state index >= 15 is 0 Å². The number of benzene rings is 2. The summed E-state index contributed by atoms with van der Waals surface area (Å²) in [6, 6.07) is 18.0. The van der Waals surface area contributed by atoms with Crippen molar-refractivity contribution in [2.75, 3.05) is 13.1 Å². The minimum Gasteiger partial charge on any atom is -0.439 e. The van der Waals surface area contributed by atoms with E-state index in [1.807, 2.05) is 66.2 Å². The van der Waals surface area contributed by atoms with Crippen molar-refractivity contribution in [2.24, 2.45) is 0 Å². The molecule has 0 aliphatic heterocycles. The van der Waals surface area contributed by atoms with Crippen LogP contribution in [0.4, 0.5) is 0 Å². The van der Waals surface area contributed by atoms with Crippen LogP contribution >= 0.6 is 0 Å². The molecule has 0 bridgehead atoms. The Balaban J connectivity index is 2.02. The van der Waals surface area contributed by atoms with Crippen molar-refractivity contribution < 1.29 is 9.84 Å². The minimum atomic E-state index is -0.962. The maximum Gasteiger partial charge on any atom is 0.227 e. The lowest BCUT2D eigenvalue weighted by Gasteiger charge is -2.29. The Hall–Kier alpha value is -2.89. The van der Waals surface area contributed by atoms with Crippen LogP contribution in [0.3, 0.4) is 0 Å². The lowest BCUT2D eigenvalue weighted by Crippen LogP contribution is -2.39. The summed E-state index contributed by atoms with van der Waals surface area (Å²) in [5.41, 5.74) is 3.08. The molecular weight excluding hydrogens is 386 g/mol. The molecule has 1 N–H and O–H groups in total. The molecule has 0 saturated carbocycles. The normalized spacial score (nSPS) is 13.2. The first-order chi connectivity index (χ1) is 14.8. The molecule has 3 rings (SSSR count). The van der Waals surface area contributed by atoms with E-state index in [-0.39, 0.29) is 0 Å². The number of nitrogens with zero attached hydrogens (tertiary/aromatic N) is 3. The molecule has 0 amide bonds. The molecule has 5 heteroatoms. The van der Waals surface area contributed by atoms with Gasteiger partial charge in [-0.05, 0) is 58.0 Å². The molecule has 31 heavy (non-hydrogen) atoms. The van der Waals surface area contributed by atoms with Gasteiger partial charge in [0.25, 0.3) is 0 Å². The summed E-state index contributed by atoms with van der Waals surface area (Å²) >= 11 is 0. The fourth-order valence-corrected chi connectivity index (χ4v) is 3.56. The second-order valence-electron chi connectivity index (χ2n) is 8.30. The molecule has 3 aromatic rings. The third-order valence-corrected chi connectivity index (χ3v) is 5.28. The average molecular weight is 420 g/mol. The molecule has 2 aromatic carbocycles. The molecule has 1 aromatic heterocycles. The van der Waals surface area contributed by atoms with Crippen molar-refractivity contribution in [1.82, 2.24) is 14.7 Å². The van der Waals surface area contributed by atoms with Crippen LogP contribution in [0, 0.1) is 13.8 Å². The van der Waals surface area contributed by atoms with Gasteiger partial charge >= 0.3 is 0 Å². The molecule has 0 unspecified atom stereocenters. The molecular formula is C26H33N3O2. The van der Waals surface area contributed by atoms with Crippen molar-refractivity contribution in [1.29, 1.82) is 0 Å². The quantitative estimate of drug-likeness (QED) is 0.445. The number of rotatable bonds is 10. The summed E-state index contributed by atoms with van der Waals surface area (Å²) in [7, 11) is 0. The highest BCUT2D eigenvalue weighted by Gasteiger charge is 2.25. The van der Waals surface area contributed by atoms with E-state index in [2.05, 4.69) is 25.3 Å². The Kier molecular flexibility index (Phi) is 7.31. The van der Waals surface area contributed by atoms with E-state index < -0.39 is 5.60 Å². The lowest BCUT2D eigenvalue weighted by molar-refractivity contribution is 0.0584. The van der Waals surface area contributed by atoms with Gasteiger partial charge in [0, 0.05) is 13.1 Å². The first-order valence-corrected chi connectivity index (χ1v) is 10.8. The summed E-state index contributed by atoms with van der Waals surface area (Å²) in [5.74, 6) is 1.47. The van der Waals surface area contributed by atoms with Gasteiger partial charge in [-0.1, -0.05) is 48.9 Å². The predicted molar refractivity (Wildman–Crippen MR) is 126 cm³/mol. The minimum absolute atomic E-state index is 0.490. The fourth-order valence-electron chi connectivity index (χ4n) is 3.56. The van der Waals surface area contributed by atoms with E-state index in [0.717, 1.165) is 35.7 Å². The number of para-hydroxylation sites is 1. The van der Waals surface area contributed by atoms with E-state index in [1.54, 1.807) is 13.0 Å². The van der Waals surface area contributed by atoms with Crippen molar-refractivity contribution in [3.8, 4) is 17.3 Å². The summed E-state index contributed by atoms with van der Waals surface area (Å²) in [6.07, 6.45) is 2.58. The SMILES string of the molecule is C=C[C@](C)(O)CN(CCC)Cc1c(C)nn(-c2ccccc2)c1Oc1ccc(C)cc1. The highest BCUT2D eigenvalue weighted by Crippen LogP contribution is 2.32. The summed E-state index contributed by atoms with van der Waals surface area (Å²) in [4.78, 5) is 2.23. The smallest absolute Gasteiger partial charge is 0.227 e. The first kappa shape index (κ1) is 22.8. The molecule has 164 valence electrons. The predicted octanol–water partition coefficient (Wildman–Crippen LogP) is 5.43. The van der Waals surface area contributed by atoms with Gasteiger partial charge in [0.05, 0.1) is 22.5 Å². The largest absolute Gasteiger partial charge is 0.439 e. The van der Waals surface area contributed by atoms with Gasteiger partial charge < -0.3 is 9.84 Å². The fraction of sp³-hybridized carbons (Fsp3) is 0.346. The number of aromatic nitrogens is 2. The molecule has 0 saturated heterocycles. The second kappa shape index (κ2) is 9.94. The first-order valence-electron chi connectivity index (χ1n) is 10.8. The van der Waals surface area contributed by atoms with Crippen LogP contribution in [0.25, 0.3) is 5.69 Å². The van der Waals surface area contributed by atoms with Gasteiger partial charge in [0.2, 0.25) is 5.88 Å². The zero-order chi connectivity index (χ0) is 22.4. The lowest BCUT2D eigenvalue weighted by atomic mass is 10.1. The summed E-state index contributed by atoms with van der Waals surface area (Å²) in [6.45, 7) is 13.7. The van der Waals surface area contributed by atoms with Gasteiger partial charge in [-0.15, -0.1) is 6.58 Å². The molecule has 0 aliphatic carbocycles. The molecule has 1 heterocycles. The van der Waals surface area contributed by atoms with Crippen LogP contribution in [0.5, 0.6) is 11.6 Å². The van der Waals surface area contributed by atoms with Gasteiger partial charge in [0.1, 0.15) is 5.75 Å². The molecule has 0 fully saturated rings. The van der Waals surface area contributed by atoms with E-state index in [9.17, 15) is 5.11 Å². The third-order valence-electron chi connectivity index (χ3n) is 5.28. The average Bonchev–Trinajstić information content (AvgIpc) is 3.05. The van der Waals surface area contributed by atoms with Crippen LogP contribution in [0.2, 0.25) is 0 Å². The van der Waals surface area contributed by atoms with Crippen molar-refractivity contribution in [2.45, 2.75) is 46.3 Å². The number of hydrogen-bond acceptors (Lipinski definition) is 4. The van der Waals surface area contributed by atoms with Crippen molar-refractivity contribution >= 4 is 0 Å². The zero-order valence-electron chi connectivity index (χ0n) is 19.0. The molecule has 1 atom stereocenters. The summed E-state index contributed by atoms with van der Waals surface area (Å²) in [5, 5.41) is 15.4. The van der Waals surface area contributed by atoms with Crippen LogP contribution in [0.1, 0.15) is 37.1 Å². The molecule has 0 spiro atoms. The standard InChI is InChI=1S/C26H33N3O2/c1-6-17-28(19-26(5,30)7-2)18-24-21(4)27-29(22-11-9-8-10-12-22)25(24)31-23-15-13-20(3)14-16-23/h7-16,30H,2,6,17-19H2,1,3-5H3/t26-/m0/s1. The van der Waals surface area contributed by atoms with E-state index in [4.69, 9.17) is 9.84 Å². The van der Waals surface area contributed by atoms with Crippen molar-refractivity contribution in [3.63, 3.8) is 0 Å². The maximum atomic E-state index is 10.6. The Morgan fingerprint density at radius 3 is 2.42 bits per heavy atom. The van der Waals surface area contributed by atoms with Crippen LogP contribution in [0.15, 0.2) is 67.3 Å². The topological polar surface area (TPSA) is 50.5 Å². The van der Waals surface area contributed by atoms with Gasteiger partial charge in [-0.3, -0.25) is 4.90 Å². The molecule has 5 nitrogen and oxygen atoms in total. The zero-order valence-corrected chi connectivity index (χ0v) is 19.0. The number of aliphatic hydroxyl groups is 1. The number of hydrogen-bond donors (Lipinski definition) is 1. The monoisotopic (exact) mass is 419 g/mol. The number of aryl methyl sites for hydroxylation is 2. The second-order valence-corrected chi connectivity index (χ2v) is 8.30. The van der Waals surface area contributed by atoms with Crippen LogP contribution in [-0.2, 0) is 6.54 Å². The molecule has 0 aliphatic rings. The Bertz CT molecular complexity index is 991. The van der Waals surface area contributed by atoms with Gasteiger partial charge in [0.15, 0.2) is 0 Å². The Labute approximate surface area is 185 Å². The Morgan fingerprint density at radius 2 is 1.81 bits per heavy atom. The Morgan fingerprint density at radius 1 is 1.13 bits per heavy atom. The maximum absolute atomic E-state index is 10.6. The van der Waals surface area contributed by atoms with E-state index in [0.29, 0.717) is 19.0 Å². The van der Waals surface area contributed by atoms with Crippen molar-refractivity contribution in [3.05, 3.63) is 84.1 Å². The summed E-state index contributed by atoms with van der Waals surface area (Å²) < 4.78 is 8.26. The highest BCUT2D eigenvalue weighted by molar-refractivity contribution is 5.43. The van der Waals surface area contributed by atoms with E-state index in [1.165, 1.54) is 5.56 Å².